The van der Waals surface area contributed by atoms with Gasteiger partial charge in [0.15, 0.2) is 0 Å². The molecule has 0 atom stereocenters. The Kier molecular flexibility index (Phi) is 3.59. The molecular weight excluding hydrogens is 281 g/mol. The molecule has 0 spiro atoms. The number of sulfonamides is 1. The van der Waals surface area contributed by atoms with Crippen LogP contribution in [0.25, 0.3) is 0 Å². The van der Waals surface area contributed by atoms with Crippen LogP contribution in [0, 0.1) is 17.1 Å². The van der Waals surface area contributed by atoms with Crippen LogP contribution >= 0.6 is 0 Å². The Hall–Kier alpha value is -2.59. The van der Waals surface area contributed by atoms with E-state index in [-0.39, 0.29) is 16.9 Å². The number of nitrogens with zero attached hydrogens (tertiary/aromatic N) is 1. The van der Waals surface area contributed by atoms with E-state index >= 15 is 0 Å². The Labute approximate surface area is 115 Å². The number of hydrogen-bond donors (Lipinski definition) is 2. The van der Waals surface area contributed by atoms with E-state index in [1.165, 1.54) is 36.4 Å². The van der Waals surface area contributed by atoms with E-state index in [1.54, 1.807) is 0 Å². The molecule has 0 unspecified atom stereocenters. The first kappa shape index (κ1) is 13.8. The molecule has 7 heteroatoms. The predicted octanol–water partition coefficient (Wildman–Crippen LogP) is 2.08. The molecule has 0 aliphatic rings. The van der Waals surface area contributed by atoms with Gasteiger partial charge in [-0.25, -0.2) is 12.8 Å². The molecule has 0 aromatic heterocycles. The molecule has 5 nitrogen and oxygen atoms in total. The Morgan fingerprint density at radius 1 is 1.20 bits per heavy atom. The van der Waals surface area contributed by atoms with Gasteiger partial charge in [-0.1, -0.05) is 12.1 Å². The van der Waals surface area contributed by atoms with Crippen molar-refractivity contribution in [3.8, 4) is 6.07 Å². The number of nitrogens with one attached hydrogen (secondary N) is 1. The van der Waals surface area contributed by atoms with Gasteiger partial charge in [0.1, 0.15) is 10.7 Å². The molecule has 20 heavy (non-hydrogen) atoms. The van der Waals surface area contributed by atoms with Gasteiger partial charge < -0.3 is 5.73 Å². The molecule has 0 amide bonds. The lowest BCUT2D eigenvalue weighted by molar-refractivity contribution is 0.572. The molecule has 2 aromatic rings. The number of benzene rings is 2. The molecule has 3 N–H and O–H groups in total. The summed E-state index contributed by atoms with van der Waals surface area (Å²) in [5.74, 6) is -0.936. The summed E-state index contributed by atoms with van der Waals surface area (Å²) in [6, 6.07) is 11.3. The topological polar surface area (TPSA) is 96.0 Å². The molecule has 0 saturated heterocycles. The summed E-state index contributed by atoms with van der Waals surface area (Å²) >= 11 is 0. The molecule has 102 valence electrons. The highest BCUT2D eigenvalue weighted by molar-refractivity contribution is 7.92. The van der Waals surface area contributed by atoms with Crippen LogP contribution in [0.3, 0.4) is 0 Å². The van der Waals surface area contributed by atoms with Crippen LogP contribution in [0.1, 0.15) is 5.56 Å². The van der Waals surface area contributed by atoms with Crippen molar-refractivity contribution in [3.05, 3.63) is 53.8 Å². The van der Waals surface area contributed by atoms with E-state index in [9.17, 15) is 12.8 Å². The lowest BCUT2D eigenvalue weighted by atomic mass is 10.2. The molecule has 0 fully saturated rings. The van der Waals surface area contributed by atoms with E-state index < -0.39 is 20.7 Å². The number of hydrogen-bond acceptors (Lipinski definition) is 4. The van der Waals surface area contributed by atoms with E-state index in [2.05, 4.69) is 4.72 Å². The second-order valence-corrected chi connectivity index (χ2v) is 5.58. The zero-order valence-corrected chi connectivity index (χ0v) is 11.0. The van der Waals surface area contributed by atoms with Crippen molar-refractivity contribution < 1.29 is 12.8 Å². The fourth-order valence-electron chi connectivity index (χ4n) is 1.67. The van der Waals surface area contributed by atoms with Gasteiger partial charge in [0.05, 0.1) is 23.0 Å². The molecule has 2 rings (SSSR count). The van der Waals surface area contributed by atoms with Gasteiger partial charge in [0.2, 0.25) is 0 Å². The average molecular weight is 291 g/mol. The summed E-state index contributed by atoms with van der Waals surface area (Å²) in [7, 11) is -4.16. The van der Waals surface area contributed by atoms with E-state index in [0.29, 0.717) is 0 Å². The van der Waals surface area contributed by atoms with Crippen molar-refractivity contribution in [1.29, 1.82) is 5.26 Å². The molecule has 0 bridgehead atoms. The highest BCUT2D eigenvalue weighted by Gasteiger charge is 2.22. The summed E-state index contributed by atoms with van der Waals surface area (Å²) in [6.07, 6.45) is 0. The van der Waals surface area contributed by atoms with Gasteiger partial charge in [-0.15, -0.1) is 0 Å². The summed E-state index contributed by atoms with van der Waals surface area (Å²) < 4.78 is 40.1. The second-order valence-electron chi connectivity index (χ2n) is 3.96. The molecule has 0 heterocycles. The standard InChI is InChI=1S/C13H10FN3O2S/c14-11-5-2-6-12(16)13(11)20(18,19)17-10-4-1-3-9(7-10)8-15/h1-7,17H,16H2. The zero-order chi connectivity index (χ0) is 14.8. The highest BCUT2D eigenvalue weighted by Crippen LogP contribution is 2.24. The molecule has 0 aliphatic heterocycles. The maximum Gasteiger partial charge on any atom is 0.266 e. The first-order valence-corrected chi connectivity index (χ1v) is 6.99. The van der Waals surface area contributed by atoms with Gasteiger partial charge in [0.25, 0.3) is 10.0 Å². The van der Waals surface area contributed by atoms with Crippen LogP contribution in [-0.4, -0.2) is 8.42 Å². The number of nitrogen functional groups attached to an aromatic ring is 1. The molecule has 0 radical (unpaired) electrons. The predicted molar refractivity (Wildman–Crippen MR) is 72.8 cm³/mol. The second kappa shape index (κ2) is 5.19. The van der Waals surface area contributed by atoms with Crippen LogP contribution < -0.4 is 10.5 Å². The lowest BCUT2D eigenvalue weighted by Crippen LogP contribution is -2.16. The first-order chi connectivity index (χ1) is 9.44. The maximum atomic E-state index is 13.6. The minimum atomic E-state index is -4.16. The minimum absolute atomic E-state index is 0.159. The van der Waals surface area contributed by atoms with Crippen molar-refractivity contribution in [2.75, 3.05) is 10.5 Å². The van der Waals surface area contributed by atoms with Gasteiger partial charge in [-0.3, -0.25) is 4.72 Å². The Bertz CT molecular complexity index is 777. The summed E-state index contributed by atoms with van der Waals surface area (Å²) in [5, 5.41) is 8.76. The number of nitrogens with two attached hydrogens (primary N) is 1. The normalized spacial score (nSPS) is 10.8. The maximum absolute atomic E-state index is 13.6. The van der Waals surface area contributed by atoms with Gasteiger partial charge in [-0.05, 0) is 30.3 Å². The lowest BCUT2D eigenvalue weighted by Gasteiger charge is -2.11. The SMILES string of the molecule is N#Cc1cccc(NS(=O)(=O)c2c(N)cccc2F)c1. The monoisotopic (exact) mass is 291 g/mol. The Morgan fingerprint density at radius 2 is 1.90 bits per heavy atom. The smallest absolute Gasteiger partial charge is 0.266 e. The molecule has 0 aliphatic carbocycles. The highest BCUT2D eigenvalue weighted by atomic mass is 32.2. The average Bonchev–Trinajstić information content (AvgIpc) is 2.37. The van der Waals surface area contributed by atoms with Crippen molar-refractivity contribution in [3.63, 3.8) is 0 Å². The fraction of sp³-hybridized carbons (Fsp3) is 0. The van der Waals surface area contributed by atoms with E-state index in [1.807, 2.05) is 6.07 Å². The summed E-state index contributed by atoms with van der Waals surface area (Å²) in [6.45, 7) is 0. The summed E-state index contributed by atoms with van der Waals surface area (Å²) in [4.78, 5) is -0.609. The van der Waals surface area contributed by atoms with E-state index in [0.717, 1.165) is 6.07 Å². The van der Waals surface area contributed by atoms with Crippen LogP contribution in [0.5, 0.6) is 0 Å². The van der Waals surface area contributed by atoms with Crippen LogP contribution in [0.4, 0.5) is 15.8 Å². The fourth-order valence-corrected chi connectivity index (χ4v) is 2.91. The number of halogens is 1. The summed E-state index contributed by atoms with van der Waals surface area (Å²) in [5.41, 5.74) is 5.76. The third-order valence-corrected chi connectivity index (χ3v) is 3.98. The molecule has 2 aromatic carbocycles. The molecular formula is C13H10FN3O2S. The third-order valence-electron chi connectivity index (χ3n) is 2.51. The van der Waals surface area contributed by atoms with Crippen LogP contribution in [0.15, 0.2) is 47.4 Å². The zero-order valence-electron chi connectivity index (χ0n) is 10.2. The number of nitriles is 1. The Morgan fingerprint density at radius 3 is 2.55 bits per heavy atom. The van der Waals surface area contributed by atoms with E-state index in [4.69, 9.17) is 11.0 Å². The number of anilines is 2. The van der Waals surface area contributed by atoms with Gasteiger partial charge in [0, 0.05) is 0 Å². The van der Waals surface area contributed by atoms with Gasteiger partial charge >= 0.3 is 0 Å². The minimum Gasteiger partial charge on any atom is -0.398 e. The van der Waals surface area contributed by atoms with Crippen LogP contribution in [-0.2, 0) is 10.0 Å². The number of rotatable bonds is 3. The van der Waals surface area contributed by atoms with Gasteiger partial charge in [-0.2, -0.15) is 5.26 Å². The third kappa shape index (κ3) is 2.70. The largest absolute Gasteiger partial charge is 0.398 e. The van der Waals surface area contributed by atoms with Crippen molar-refractivity contribution in [2.24, 2.45) is 0 Å². The van der Waals surface area contributed by atoms with Crippen molar-refractivity contribution in [1.82, 2.24) is 0 Å². The Balaban J connectivity index is 2.44. The first-order valence-electron chi connectivity index (χ1n) is 5.51. The van der Waals surface area contributed by atoms with Crippen molar-refractivity contribution >= 4 is 21.4 Å². The van der Waals surface area contributed by atoms with Crippen molar-refractivity contribution in [2.45, 2.75) is 4.90 Å². The quantitative estimate of drug-likeness (QED) is 0.846. The van der Waals surface area contributed by atoms with Crippen LogP contribution in [0.2, 0.25) is 0 Å². The molecule has 0 saturated carbocycles.